The van der Waals surface area contributed by atoms with Gasteiger partial charge in [0.2, 0.25) is 0 Å². The number of halogens is 3. The van der Waals surface area contributed by atoms with Gasteiger partial charge in [-0.05, 0) is 55.2 Å². The fourth-order valence-corrected chi connectivity index (χ4v) is 8.02. The number of amides is 1. The molecule has 5 atom stereocenters. The summed E-state index contributed by atoms with van der Waals surface area (Å²) in [5.74, 6) is -6.30. The summed E-state index contributed by atoms with van der Waals surface area (Å²) in [6, 6.07) is 4.84. The Morgan fingerprint density at radius 2 is 1.82 bits per heavy atom. The molecule has 34 heavy (non-hydrogen) atoms. The monoisotopic (exact) mass is 498 g/mol. The maximum atomic E-state index is 13.7. The minimum Gasteiger partial charge on any atom is -0.398 e. The minimum absolute atomic E-state index is 0.00123. The molecule has 0 aliphatic heterocycles. The van der Waals surface area contributed by atoms with E-state index in [4.69, 9.17) is 5.73 Å². The zero-order chi connectivity index (χ0) is 25.0. The van der Waals surface area contributed by atoms with Crippen molar-refractivity contribution in [1.82, 2.24) is 0 Å². The van der Waals surface area contributed by atoms with Crippen LogP contribution in [-0.2, 0) is 9.84 Å². The molecule has 5 N–H and O–H groups in total. The van der Waals surface area contributed by atoms with Crippen LogP contribution in [0.3, 0.4) is 0 Å². The second-order valence-electron chi connectivity index (χ2n) is 9.40. The minimum atomic E-state index is -4.04. The molecule has 0 radical (unpaired) electrons. The van der Waals surface area contributed by atoms with E-state index in [9.17, 15) is 36.6 Å². The Morgan fingerprint density at radius 1 is 1.18 bits per heavy atom. The lowest BCUT2D eigenvalue weighted by atomic mass is 9.76. The van der Waals surface area contributed by atoms with Crippen molar-refractivity contribution in [3.8, 4) is 0 Å². The molecule has 2 aliphatic carbocycles. The number of fused-ring (bicyclic) bond motifs is 2. The number of anilines is 2. The molecular weight excluding hydrogens is 473 g/mol. The topological polar surface area (TPSA) is 130 Å². The number of carbonyl (C=O) groups excluding carboxylic acids is 1. The molecule has 4 rings (SSSR count). The van der Waals surface area contributed by atoms with Gasteiger partial charge in [0.25, 0.3) is 5.91 Å². The van der Waals surface area contributed by atoms with E-state index >= 15 is 0 Å². The van der Waals surface area contributed by atoms with Gasteiger partial charge in [-0.2, -0.15) is 0 Å². The second-order valence-corrected chi connectivity index (χ2v) is 11.5. The van der Waals surface area contributed by atoms with Crippen LogP contribution < -0.4 is 11.1 Å². The quantitative estimate of drug-likeness (QED) is 0.371. The first-order valence-electron chi connectivity index (χ1n) is 10.8. The summed E-state index contributed by atoms with van der Waals surface area (Å²) in [5.41, 5.74) is 4.11. The van der Waals surface area contributed by atoms with Gasteiger partial charge in [0.05, 0.1) is 28.0 Å². The third-order valence-corrected chi connectivity index (χ3v) is 9.44. The fourth-order valence-electron chi connectivity index (χ4n) is 5.50. The van der Waals surface area contributed by atoms with E-state index in [1.807, 2.05) is 6.92 Å². The molecule has 2 unspecified atom stereocenters. The molecule has 0 heterocycles. The standard InChI is InChI=1S/C23H25F3N2O5S/c1-11-4-13-8-23(31,10-29)9-15(11)21(13)34(32,33)19-5-12(2-3-18(19)27)22(30)28-14-6-16(24)20(26)17(25)7-14/h2-3,5-7,11,13,15,21,29,31H,4,8-10,27H2,1H3,(H,28,30)/t11-,13-,15?,21?,23+/m0/s1. The van der Waals surface area contributed by atoms with E-state index in [-0.39, 0.29) is 40.6 Å². The van der Waals surface area contributed by atoms with Gasteiger partial charge in [-0.3, -0.25) is 4.79 Å². The maximum absolute atomic E-state index is 13.7. The highest BCUT2D eigenvalue weighted by molar-refractivity contribution is 7.92. The first-order chi connectivity index (χ1) is 15.9. The van der Waals surface area contributed by atoms with E-state index in [1.165, 1.54) is 12.1 Å². The summed E-state index contributed by atoms with van der Waals surface area (Å²) < 4.78 is 67.5. The predicted molar refractivity (Wildman–Crippen MR) is 118 cm³/mol. The molecule has 2 saturated carbocycles. The highest BCUT2D eigenvalue weighted by Gasteiger charge is 2.56. The molecule has 7 nitrogen and oxygen atoms in total. The number of nitrogen functional groups attached to an aromatic ring is 1. The number of rotatable bonds is 5. The van der Waals surface area contributed by atoms with Crippen LogP contribution in [-0.4, -0.2) is 42.0 Å². The van der Waals surface area contributed by atoms with Crippen LogP contribution in [0.4, 0.5) is 24.5 Å². The highest BCUT2D eigenvalue weighted by Crippen LogP contribution is 2.53. The molecule has 184 valence electrons. The van der Waals surface area contributed by atoms with Gasteiger partial charge in [0.15, 0.2) is 27.3 Å². The van der Waals surface area contributed by atoms with Crippen molar-refractivity contribution in [3.05, 3.63) is 53.3 Å². The van der Waals surface area contributed by atoms with Crippen molar-refractivity contribution in [1.29, 1.82) is 0 Å². The van der Waals surface area contributed by atoms with Crippen LogP contribution in [0.25, 0.3) is 0 Å². The van der Waals surface area contributed by atoms with Crippen LogP contribution >= 0.6 is 0 Å². The van der Waals surface area contributed by atoms with Gasteiger partial charge in [0.1, 0.15) is 0 Å². The number of carbonyl (C=O) groups is 1. The van der Waals surface area contributed by atoms with Gasteiger partial charge < -0.3 is 21.3 Å². The third-order valence-electron chi connectivity index (χ3n) is 7.03. The fraction of sp³-hybridized carbons (Fsp3) is 0.435. The Morgan fingerprint density at radius 3 is 2.41 bits per heavy atom. The molecule has 2 fully saturated rings. The Labute approximate surface area is 194 Å². The molecule has 2 aromatic rings. The van der Waals surface area contributed by atoms with Crippen LogP contribution in [0, 0.1) is 35.2 Å². The van der Waals surface area contributed by atoms with E-state index < -0.39 is 62.5 Å². The first kappa shape index (κ1) is 24.5. The highest BCUT2D eigenvalue weighted by atomic mass is 32.2. The third kappa shape index (κ3) is 4.16. The lowest BCUT2D eigenvalue weighted by Crippen LogP contribution is -2.48. The van der Waals surface area contributed by atoms with Crippen molar-refractivity contribution in [2.75, 3.05) is 17.7 Å². The van der Waals surface area contributed by atoms with Crippen LogP contribution in [0.15, 0.2) is 35.2 Å². The van der Waals surface area contributed by atoms with Gasteiger partial charge in [-0.1, -0.05) is 6.92 Å². The normalized spacial score (nSPS) is 28.6. The molecule has 0 spiro atoms. The zero-order valence-electron chi connectivity index (χ0n) is 18.3. The van der Waals surface area contributed by atoms with Gasteiger partial charge in [-0.15, -0.1) is 0 Å². The zero-order valence-corrected chi connectivity index (χ0v) is 19.1. The first-order valence-corrected chi connectivity index (χ1v) is 12.3. The average molecular weight is 499 g/mol. The molecule has 2 aliphatic rings. The largest absolute Gasteiger partial charge is 0.398 e. The van der Waals surface area contributed by atoms with E-state index in [0.717, 1.165) is 6.07 Å². The summed E-state index contributed by atoms with van der Waals surface area (Å²) in [7, 11) is -4.04. The predicted octanol–water partition coefficient (Wildman–Crippen LogP) is 2.87. The summed E-state index contributed by atoms with van der Waals surface area (Å²) >= 11 is 0. The number of sulfone groups is 1. The van der Waals surface area contributed by atoms with Crippen molar-refractivity contribution >= 4 is 27.1 Å². The lowest BCUT2D eigenvalue weighted by molar-refractivity contribution is -0.0614. The Balaban J connectivity index is 1.65. The Hall–Kier alpha value is -2.63. The Bertz CT molecular complexity index is 1230. The molecule has 0 aromatic heterocycles. The molecule has 1 amide bonds. The summed E-state index contributed by atoms with van der Waals surface area (Å²) in [4.78, 5) is 12.4. The molecular formula is C23H25F3N2O5S. The second kappa shape index (κ2) is 8.54. The number of benzene rings is 2. The molecule has 11 heteroatoms. The lowest BCUT2D eigenvalue weighted by Gasteiger charge is -2.40. The summed E-state index contributed by atoms with van der Waals surface area (Å²) in [6.45, 7) is 1.45. The van der Waals surface area contributed by atoms with Crippen molar-refractivity contribution in [2.45, 2.75) is 41.9 Å². The van der Waals surface area contributed by atoms with Gasteiger partial charge in [0, 0.05) is 23.4 Å². The molecule has 0 saturated heterocycles. The van der Waals surface area contributed by atoms with Crippen molar-refractivity contribution < 1.29 is 36.6 Å². The van der Waals surface area contributed by atoms with E-state index in [0.29, 0.717) is 18.6 Å². The number of hydrogen-bond acceptors (Lipinski definition) is 6. The average Bonchev–Trinajstić information content (AvgIpc) is 2.99. The van der Waals surface area contributed by atoms with Gasteiger partial charge in [-0.25, -0.2) is 21.6 Å². The van der Waals surface area contributed by atoms with E-state index in [2.05, 4.69) is 5.32 Å². The molecule has 2 bridgehead atoms. The van der Waals surface area contributed by atoms with Crippen LogP contribution in [0.1, 0.15) is 36.5 Å². The number of hydrogen-bond donors (Lipinski definition) is 4. The number of aliphatic hydroxyl groups excluding tert-OH is 1. The van der Waals surface area contributed by atoms with E-state index in [1.54, 1.807) is 0 Å². The smallest absolute Gasteiger partial charge is 0.255 e. The van der Waals surface area contributed by atoms with Gasteiger partial charge >= 0.3 is 0 Å². The van der Waals surface area contributed by atoms with Crippen LogP contribution in [0.5, 0.6) is 0 Å². The van der Waals surface area contributed by atoms with Crippen LogP contribution in [0.2, 0.25) is 0 Å². The maximum Gasteiger partial charge on any atom is 0.255 e. The number of aliphatic hydroxyl groups is 2. The summed E-state index contributed by atoms with van der Waals surface area (Å²) in [6.07, 6.45) is 0.835. The number of nitrogens with two attached hydrogens (primary N) is 1. The van der Waals surface area contributed by atoms with Crippen molar-refractivity contribution in [3.63, 3.8) is 0 Å². The summed E-state index contributed by atoms with van der Waals surface area (Å²) in [5, 5.41) is 21.6. The number of nitrogens with one attached hydrogen (secondary N) is 1. The molecule has 2 aromatic carbocycles. The SMILES string of the molecule is C[C@H]1C[C@H]2C[C@](O)(CO)CC1C2S(=O)(=O)c1cc(C(=O)Nc2cc(F)c(F)c(F)c2)ccc1N. The Kier molecular flexibility index (Phi) is 6.16. The van der Waals surface area contributed by atoms with Crippen molar-refractivity contribution in [2.24, 2.45) is 17.8 Å².